The number of rotatable bonds is 5. The summed E-state index contributed by atoms with van der Waals surface area (Å²) in [5, 5.41) is 3.27. The number of ether oxygens (including phenoxy) is 1. The summed E-state index contributed by atoms with van der Waals surface area (Å²) in [5.74, 6) is 1.52. The van der Waals surface area contributed by atoms with Crippen LogP contribution in [0, 0.1) is 0 Å². The van der Waals surface area contributed by atoms with Gasteiger partial charge in [0.15, 0.2) is 11.6 Å². The van der Waals surface area contributed by atoms with Crippen LogP contribution in [0.3, 0.4) is 0 Å². The lowest BCUT2D eigenvalue weighted by Gasteiger charge is -2.25. The van der Waals surface area contributed by atoms with Gasteiger partial charge in [0.25, 0.3) is 0 Å². The fraction of sp³-hybridized carbons (Fsp3) is 0.0800. The molecule has 2 N–H and O–H groups in total. The molecule has 0 amide bonds. The molecule has 0 saturated heterocycles. The maximum Gasteiger partial charge on any atom is 0.248 e. The van der Waals surface area contributed by atoms with Gasteiger partial charge in [0.05, 0.1) is 5.69 Å². The summed E-state index contributed by atoms with van der Waals surface area (Å²) < 4.78 is 6.12. The van der Waals surface area contributed by atoms with Crippen LogP contribution in [-0.4, -0.2) is 21.5 Å². The molecule has 5 rings (SSSR count). The molecule has 5 aromatic rings. The van der Waals surface area contributed by atoms with Gasteiger partial charge in [-0.25, -0.2) is 4.98 Å². The average Bonchev–Trinajstić information content (AvgIpc) is 2.82. The summed E-state index contributed by atoms with van der Waals surface area (Å²) in [4.78, 5) is 15.3. The molecular weight excluding hydrogens is 386 g/mol. The molecule has 2 aromatic heterocycles. The Labute approximate surface area is 180 Å². The Balaban J connectivity index is 1.58. The highest BCUT2D eigenvalue weighted by Gasteiger charge is 2.19. The van der Waals surface area contributed by atoms with Crippen LogP contribution >= 0.6 is 0 Å². The van der Waals surface area contributed by atoms with Crippen molar-refractivity contribution >= 4 is 38.9 Å². The number of fused-ring (bicyclic) bond motifs is 2. The van der Waals surface area contributed by atoms with Crippen molar-refractivity contribution in [3.8, 4) is 11.6 Å². The van der Waals surface area contributed by atoms with E-state index in [0.29, 0.717) is 29.7 Å². The van der Waals surface area contributed by atoms with Crippen LogP contribution in [-0.2, 0) is 0 Å². The van der Waals surface area contributed by atoms with Gasteiger partial charge in [0, 0.05) is 23.5 Å². The van der Waals surface area contributed by atoms with Gasteiger partial charge in [0.2, 0.25) is 5.88 Å². The second-order valence-corrected chi connectivity index (χ2v) is 7.09. The van der Waals surface area contributed by atoms with Crippen molar-refractivity contribution in [1.29, 1.82) is 0 Å². The van der Waals surface area contributed by atoms with Crippen LogP contribution < -0.4 is 15.4 Å². The highest BCUT2D eigenvalue weighted by molar-refractivity contribution is 5.97. The van der Waals surface area contributed by atoms with Crippen molar-refractivity contribution in [1.82, 2.24) is 15.0 Å². The zero-order valence-corrected chi connectivity index (χ0v) is 17.1. The number of benzene rings is 3. The summed E-state index contributed by atoms with van der Waals surface area (Å²) in [5.41, 5.74) is 8.69. The maximum absolute atomic E-state index is 6.52. The van der Waals surface area contributed by atoms with E-state index >= 15 is 0 Å². The highest BCUT2D eigenvalue weighted by atomic mass is 16.5. The molecule has 3 aromatic carbocycles. The van der Waals surface area contributed by atoms with E-state index in [1.54, 1.807) is 6.20 Å². The first-order valence-electron chi connectivity index (χ1n) is 10.1. The van der Waals surface area contributed by atoms with Crippen LogP contribution in [0.15, 0.2) is 85.3 Å². The summed E-state index contributed by atoms with van der Waals surface area (Å²) >= 11 is 0. The predicted octanol–water partition coefficient (Wildman–Crippen LogP) is 5.71. The standard InChI is InChI=1S/C25H21N5O/c1-2-30(20-13-5-9-17-8-3-4-12-19(17)20)24-22(26)25(29-16-28-24)31-21-14-6-10-18-11-7-15-27-23(18)21/h3-16H,2,26H2,1H3. The second-order valence-electron chi connectivity index (χ2n) is 7.09. The minimum atomic E-state index is 0.307. The first kappa shape index (κ1) is 18.8. The average molecular weight is 407 g/mol. The smallest absolute Gasteiger partial charge is 0.248 e. The van der Waals surface area contributed by atoms with Gasteiger partial charge in [-0.3, -0.25) is 4.98 Å². The molecule has 6 heteroatoms. The van der Waals surface area contributed by atoms with E-state index < -0.39 is 0 Å². The number of hydrogen-bond donors (Lipinski definition) is 1. The van der Waals surface area contributed by atoms with Gasteiger partial charge < -0.3 is 15.4 Å². The lowest BCUT2D eigenvalue weighted by Crippen LogP contribution is -2.19. The third-order valence-electron chi connectivity index (χ3n) is 5.26. The Morgan fingerprint density at radius 2 is 1.61 bits per heavy atom. The van der Waals surface area contributed by atoms with E-state index in [-0.39, 0.29) is 0 Å². The number of nitrogen functional groups attached to an aromatic ring is 1. The number of nitrogens with zero attached hydrogens (tertiary/aromatic N) is 4. The lowest BCUT2D eigenvalue weighted by atomic mass is 10.1. The summed E-state index contributed by atoms with van der Waals surface area (Å²) in [6.45, 7) is 2.75. The van der Waals surface area contributed by atoms with Crippen molar-refractivity contribution in [2.75, 3.05) is 17.2 Å². The summed E-state index contributed by atoms with van der Waals surface area (Å²) in [6, 6.07) is 24.1. The number of hydrogen-bond acceptors (Lipinski definition) is 6. The van der Waals surface area contributed by atoms with Crippen molar-refractivity contribution in [2.24, 2.45) is 0 Å². The first-order chi connectivity index (χ1) is 15.3. The van der Waals surface area contributed by atoms with Gasteiger partial charge in [0.1, 0.15) is 17.5 Å². The minimum Gasteiger partial charge on any atom is -0.435 e. The van der Waals surface area contributed by atoms with Crippen LogP contribution in [0.5, 0.6) is 11.6 Å². The molecule has 0 aliphatic rings. The number of aromatic nitrogens is 3. The molecule has 0 saturated carbocycles. The van der Waals surface area contributed by atoms with E-state index in [0.717, 1.165) is 27.4 Å². The Hall–Kier alpha value is -4.19. The molecule has 0 radical (unpaired) electrons. The van der Waals surface area contributed by atoms with E-state index in [1.807, 2.05) is 48.5 Å². The van der Waals surface area contributed by atoms with E-state index in [1.165, 1.54) is 6.33 Å². The van der Waals surface area contributed by atoms with Crippen molar-refractivity contribution in [3.05, 3.63) is 85.3 Å². The van der Waals surface area contributed by atoms with E-state index in [4.69, 9.17) is 10.5 Å². The molecule has 0 aliphatic carbocycles. The molecule has 0 atom stereocenters. The van der Waals surface area contributed by atoms with Gasteiger partial charge in [-0.2, -0.15) is 4.98 Å². The van der Waals surface area contributed by atoms with Crippen LogP contribution in [0.25, 0.3) is 21.7 Å². The molecule has 6 nitrogen and oxygen atoms in total. The quantitative estimate of drug-likeness (QED) is 0.402. The third-order valence-corrected chi connectivity index (χ3v) is 5.26. The Kier molecular flexibility index (Phi) is 4.80. The first-order valence-corrected chi connectivity index (χ1v) is 10.1. The maximum atomic E-state index is 6.52. The van der Waals surface area contributed by atoms with Crippen molar-refractivity contribution < 1.29 is 4.74 Å². The molecular formula is C25H21N5O. The number of para-hydroxylation sites is 1. The molecule has 0 unspecified atom stereocenters. The zero-order chi connectivity index (χ0) is 21.2. The Morgan fingerprint density at radius 1 is 0.839 bits per heavy atom. The fourth-order valence-corrected chi connectivity index (χ4v) is 3.81. The van der Waals surface area contributed by atoms with Gasteiger partial charge in [-0.15, -0.1) is 0 Å². The van der Waals surface area contributed by atoms with Crippen molar-refractivity contribution in [2.45, 2.75) is 6.92 Å². The monoisotopic (exact) mass is 407 g/mol. The van der Waals surface area contributed by atoms with Gasteiger partial charge in [-0.05, 0) is 30.5 Å². The van der Waals surface area contributed by atoms with E-state index in [2.05, 4.69) is 51.0 Å². The summed E-state index contributed by atoms with van der Waals surface area (Å²) in [7, 11) is 0. The van der Waals surface area contributed by atoms with Crippen LogP contribution in [0.1, 0.15) is 6.92 Å². The molecule has 2 heterocycles. The Morgan fingerprint density at radius 3 is 2.52 bits per heavy atom. The number of pyridine rings is 1. The van der Waals surface area contributed by atoms with Crippen LogP contribution in [0.2, 0.25) is 0 Å². The SMILES string of the molecule is CCN(c1ncnc(Oc2cccc3cccnc23)c1N)c1cccc2ccccc12. The van der Waals surface area contributed by atoms with Gasteiger partial charge >= 0.3 is 0 Å². The molecule has 0 spiro atoms. The predicted molar refractivity (Wildman–Crippen MR) is 125 cm³/mol. The molecule has 152 valence electrons. The van der Waals surface area contributed by atoms with Gasteiger partial charge in [-0.1, -0.05) is 54.6 Å². The second kappa shape index (κ2) is 7.91. The largest absolute Gasteiger partial charge is 0.435 e. The van der Waals surface area contributed by atoms with Crippen molar-refractivity contribution in [3.63, 3.8) is 0 Å². The molecule has 0 fully saturated rings. The van der Waals surface area contributed by atoms with Crippen LogP contribution in [0.4, 0.5) is 17.2 Å². The number of nitrogens with two attached hydrogens (primary N) is 1. The topological polar surface area (TPSA) is 77.2 Å². The summed E-state index contributed by atoms with van der Waals surface area (Å²) in [6.07, 6.45) is 3.22. The molecule has 0 aliphatic heterocycles. The fourth-order valence-electron chi connectivity index (χ4n) is 3.81. The highest BCUT2D eigenvalue weighted by Crippen LogP contribution is 2.38. The third kappa shape index (κ3) is 3.38. The minimum absolute atomic E-state index is 0.307. The number of anilines is 3. The molecule has 0 bridgehead atoms. The molecule has 31 heavy (non-hydrogen) atoms. The Bertz CT molecular complexity index is 1370. The normalized spacial score (nSPS) is 11.0. The lowest BCUT2D eigenvalue weighted by molar-refractivity contribution is 0.468. The van der Waals surface area contributed by atoms with E-state index in [9.17, 15) is 0 Å². The zero-order valence-electron chi connectivity index (χ0n) is 17.1.